The molecular weight excluding hydrogens is 250 g/mol. The Balaban J connectivity index is 1.80. The maximum Gasteiger partial charge on any atom is 0.122 e. The van der Waals surface area contributed by atoms with Gasteiger partial charge in [-0.3, -0.25) is 4.68 Å². The number of aromatic nitrogens is 2. The van der Waals surface area contributed by atoms with Crippen LogP contribution in [0.25, 0.3) is 0 Å². The summed E-state index contributed by atoms with van der Waals surface area (Å²) >= 11 is 0. The molecule has 1 aromatic heterocycles. The summed E-state index contributed by atoms with van der Waals surface area (Å²) in [7, 11) is 1.72. The van der Waals surface area contributed by atoms with Crippen LogP contribution in [-0.4, -0.2) is 23.4 Å². The largest absolute Gasteiger partial charge is 0.496 e. The normalized spacial score (nSPS) is 10.7. The van der Waals surface area contributed by atoms with E-state index in [1.54, 1.807) is 7.11 Å². The monoisotopic (exact) mass is 273 g/mol. The van der Waals surface area contributed by atoms with Crippen molar-refractivity contribution in [2.75, 3.05) is 13.7 Å². The number of nitrogens with zero attached hydrogens (tertiary/aromatic N) is 2. The molecule has 0 spiro atoms. The summed E-state index contributed by atoms with van der Waals surface area (Å²) in [5.41, 5.74) is 2.48. The van der Waals surface area contributed by atoms with Gasteiger partial charge in [-0.25, -0.2) is 0 Å². The third-order valence-electron chi connectivity index (χ3n) is 3.31. The quantitative estimate of drug-likeness (QED) is 0.752. The van der Waals surface area contributed by atoms with E-state index in [9.17, 15) is 0 Å². The Hall–Kier alpha value is -1.81. The first-order valence-electron chi connectivity index (χ1n) is 7.18. The highest BCUT2D eigenvalue weighted by Gasteiger charge is 2.03. The Labute approximate surface area is 120 Å². The summed E-state index contributed by atoms with van der Waals surface area (Å²) in [6.45, 7) is 4.93. The van der Waals surface area contributed by atoms with Crippen molar-refractivity contribution < 1.29 is 4.74 Å². The first kappa shape index (κ1) is 14.6. The summed E-state index contributed by atoms with van der Waals surface area (Å²) in [5, 5.41) is 7.80. The highest BCUT2D eigenvalue weighted by atomic mass is 16.5. The Bertz CT molecular complexity index is 522. The van der Waals surface area contributed by atoms with Crippen LogP contribution < -0.4 is 10.1 Å². The molecule has 0 aliphatic carbocycles. The van der Waals surface area contributed by atoms with Gasteiger partial charge in [-0.1, -0.05) is 25.1 Å². The number of aryl methyl sites for hydroxylation is 1. The van der Waals surface area contributed by atoms with Crippen LogP contribution in [0, 0.1) is 0 Å². The SMILES string of the molecule is CCCn1nccc1CNCCc1ccccc1OC. The lowest BCUT2D eigenvalue weighted by Crippen LogP contribution is -2.19. The molecular formula is C16H23N3O. The maximum absolute atomic E-state index is 5.36. The average molecular weight is 273 g/mol. The standard InChI is InChI=1S/C16H23N3O/c1-3-12-19-15(9-11-18-19)13-17-10-8-14-6-4-5-7-16(14)20-2/h4-7,9,11,17H,3,8,10,12-13H2,1-2H3. The van der Waals surface area contributed by atoms with Crippen molar-refractivity contribution in [1.29, 1.82) is 0 Å². The highest BCUT2D eigenvalue weighted by molar-refractivity contribution is 5.33. The lowest BCUT2D eigenvalue weighted by atomic mass is 10.1. The summed E-state index contributed by atoms with van der Waals surface area (Å²) in [6.07, 6.45) is 3.94. The van der Waals surface area contributed by atoms with Crippen LogP contribution in [0.2, 0.25) is 0 Å². The summed E-state index contributed by atoms with van der Waals surface area (Å²) in [4.78, 5) is 0. The molecule has 1 N–H and O–H groups in total. The summed E-state index contributed by atoms with van der Waals surface area (Å²) < 4.78 is 7.42. The molecule has 20 heavy (non-hydrogen) atoms. The molecule has 1 heterocycles. The van der Waals surface area contributed by atoms with Gasteiger partial charge in [0, 0.05) is 19.3 Å². The van der Waals surface area contributed by atoms with Gasteiger partial charge in [-0.15, -0.1) is 0 Å². The fraction of sp³-hybridized carbons (Fsp3) is 0.438. The smallest absolute Gasteiger partial charge is 0.122 e. The van der Waals surface area contributed by atoms with Crippen molar-refractivity contribution >= 4 is 0 Å². The number of ether oxygens (including phenoxy) is 1. The predicted octanol–water partition coefficient (Wildman–Crippen LogP) is 2.63. The highest BCUT2D eigenvalue weighted by Crippen LogP contribution is 2.17. The van der Waals surface area contributed by atoms with Gasteiger partial charge >= 0.3 is 0 Å². The van der Waals surface area contributed by atoms with Gasteiger partial charge in [-0.2, -0.15) is 5.10 Å². The minimum Gasteiger partial charge on any atom is -0.496 e. The first-order chi connectivity index (χ1) is 9.85. The molecule has 2 rings (SSSR count). The van der Waals surface area contributed by atoms with E-state index >= 15 is 0 Å². The third-order valence-corrected chi connectivity index (χ3v) is 3.31. The second-order valence-electron chi connectivity index (χ2n) is 4.78. The molecule has 2 aromatic rings. The molecule has 0 fully saturated rings. The number of benzene rings is 1. The number of methoxy groups -OCH3 is 1. The predicted molar refractivity (Wildman–Crippen MR) is 80.9 cm³/mol. The minimum atomic E-state index is 0.856. The van der Waals surface area contributed by atoms with Crippen LogP contribution in [0.1, 0.15) is 24.6 Å². The van der Waals surface area contributed by atoms with Crippen LogP contribution in [0.4, 0.5) is 0 Å². The Kier molecular flexibility index (Phi) is 5.62. The van der Waals surface area contributed by atoms with Crippen molar-refractivity contribution in [1.82, 2.24) is 15.1 Å². The van der Waals surface area contributed by atoms with Crippen molar-refractivity contribution in [3.63, 3.8) is 0 Å². The molecule has 0 saturated carbocycles. The molecule has 0 aliphatic heterocycles. The molecule has 0 unspecified atom stereocenters. The van der Waals surface area contributed by atoms with Crippen molar-refractivity contribution in [2.24, 2.45) is 0 Å². The maximum atomic E-state index is 5.36. The van der Waals surface area contributed by atoms with Crippen molar-refractivity contribution in [3.05, 3.63) is 47.8 Å². The number of rotatable bonds is 8. The average Bonchev–Trinajstić information content (AvgIpc) is 2.92. The molecule has 0 aliphatic rings. The molecule has 108 valence electrons. The van der Waals surface area contributed by atoms with E-state index in [4.69, 9.17) is 4.74 Å². The second kappa shape index (κ2) is 7.70. The van der Waals surface area contributed by atoms with Crippen LogP contribution in [0.3, 0.4) is 0 Å². The Morgan fingerprint density at radius 1 is 1.25 bits per heavy atom. The van der Waals surface area contributed by atoms with Crippen molar-refractivity contribution in [2.45, 2.75) is 32.9 Å². The number of hydrogen-bond donors (Lipinski definition) is 1. The van der Waals surface area contributed by atoms with Gasteiger partial charge in [0.05, 0.1) is 12.8 Å². The summed E-state index contributed by atoms with van der Waals surface area (Å²) in [5.74, 6) is 0.963. The van der Waals surface area contributed by atoms with E-state index in [0.717, 1.165) is 38.2 Å². The number of hydrogen-bond acceptors (Lipinski definition) is 3. The van der Waals surface area contributed by atoms with E-state index in [1.807, 2.05) is 24.4 Å². The molecule has 1 aromatic carbocycles. The first-order valence-corrected chi connectivity index (χ1v) is 7.18. The van der Waals surface area contributed by atoms with Gasteiger partial charge in [0.25, 0.3) is 0 Å². The molecule has 0 radical (unpaired) electrons. The molecule has 0 atom stereocenters. The van der Waals surface area contributed by atoms with E-state index in [-0.39, 0.29) is 0 Å². The zero-order valence-electron chi connectivity index (χ0n) is 12.3. The molecule has 4 nitrogen and oxygen atoms in total. The van der Waals surface area contributed by atoms with E-state index in [2.05, 4.69) is 34.2 Å². The van der Waals surface area contributed by atoms with Crippen LogP contribution >= 0.6 is 0 Å². The lowest BCUT2D eigenvalue weighted by Gasteiger charge is -2.10. The Morgan fingerprint density at radius 3 is 2.90 bits per heavy atom. The van der Waals surface area contributed by atoms with E-state index in [0.29, 0.717) is 0 Å². The topological polar surface area (TPSA) is 39.1 Å². The van der Waals surface area contributed by atoms with Gasteiger partial charge < -0.3 is 10.1 Å². The van der Waals surface area contributed by atoms with Crippen LogP contribution in [-0.2, 0) is 19.5 Å². The van der Waals surface area contributed by atoms with Crippen LogP contribution in [0.15, 0.2) is 36.5 Å². The van der Waals surface area contributed by atoms with Gasteiger partial charge in [-0.05, 0) is 37.1 Å². The Morgan fingerprint density at radius 2 is 2.10 bits per heavy atom. The lowest BCUT2D eigenvalue weighted by molar-refractivity contribution is 0.409. The summed E-state index contributed by atoms with van der Waals surface area (Å²) in [6, 6.07) is 10.2. The molecule has 4 heteroatoms. The molecule has 0 bridgehead atoms. The number of nitrogens with one attached hydrogen (secondary N) is 1. The third kappa shape index (κ3) is 3.84. The zero-order chi connectivity index (χ0) is 14.2. The zero-order valence-corrected chi connectivity index (χ0v) is 12.3. The number of para-hydroxylation sites is 1. The molecule has 0 saturated heterocycles. The fourth-order valence-electron chi connectivity index (χ4n) is 2.27. The second-order valence-corrected chi connectivity index (χ2v) is 4.78. The molecule has 0 amide bonds. The van der Waals surface area contributed by atoms with Crippen molar-refractivity contribution in [3.8, 4) is 5.75 Å². The fourth-order valence-corrected chi connectivity index (χ4v) is 2.27. The minimum absolute atomic E-state index is 0.856. The van der Waals surface area contributed by atoms with Gasteiger partial charge in [0.1, 0.15) is 5.75 Å². The van der Waals surface area contributed by atoms with E-state index in [1.165, 1.54) is 11.3 Å². The van der Waals surface area contributed by atoms with Crippen LogP contribution in [0.5, 0.6) is 5.75 Å². The van der Waals surface area contributed by atoms with Gasteiger partial charge in [0.2, 0.25) is 0 Å². The van der Waals surface area contributed by atoms with Gasteiger partial charge in [0.15, 0.2) is 0 Å². The van der Waals surface area contributed by atoms with E-state index < -0.39 is 0 Å².